The lowest BCUT2D eigenvalue weighted by molar-refractivity contribution is -0.0935. The number of halogens is 3. The van der Waals surface area contributed by atoms with Crippen molar-refractivity contribution in [2.24, 2.45) is 0 Å². The highest BCUT2D eigenvalue weighted by Gasteiger charge is 2.47. The van der Waals surface area contributed by atoms with Gasteiger partial charge in [0, 0.05) is 6.42 Å². The van der Waals surface area contributed by atoms with Gasteiger partial charge in [-0.25, -0.2) is 9.18 Å². The van der Waals surface area contributed by atoms with Crippen LogP contribution in [-0.4, -0.2) is 38.9 Å². The number of aromatic nitrogens is 2. The third-order valence-electron chi connectivity index (χ3n) is 2.98. The summed E-state index contributed by atoms with van der Waals surface area (Å²) in [6, 6.07) is 0. The van der Waals surface area contributed by atoms with Crippen LogP contribution in [0.2, 0.25) is 0 Å². The molecule has 1 aromatic rings. The standard InChI is InChI=1S/C10H11ClF2N2O4/c11-3-10(4-16)1-5(12)8(19-10)15-2-6(13)7(17)14-9(15)18/h2,5,8,16H,1,3-4H2,(H,14,17,18)/t5-,8+,10+/m0/s1. The molecule has 6 nitrogen and oxygen atoms in total. The van der Waals surface area contributed by atoms with Crippen molar-refractivity contribution in [3.05, 3.63) is 32.9 Å². The Morgan fingerprint density at radius 1 is 1.63 bits per heavy atom. The number of aromatic amines is 1. The molecule has 1 aliphatic rings. The van der Waals surface area contributed by atoms with Crippen LogP contribution in [0, 0.1) is 5.82 Å². The van der Waals surface area contributed by atoms with Gasteiger partial charge in [0.25, 0.3) is 5.56 Å². The number of hydrogen-bond acceptors (Lipinski definition) is 4. The second-order valence-corrected chi connectivity index (χ2v) is 4.61. The molecule has 0 aromatic carbocycles. The molecule has 106 valence electrons. The maximum Gasteiger partial charge on any atom is 0.330 e. The van der Waals surface area contributed by atoms with Gasteiger partial charge < -0.3 is 9.84 Å². The van der Waals surface area contributed by atoms with Gasteiger partial charge in [0.05, 0.1) is 18.7 Å². The van der Waals surface area contributed by atoms with Crippen LogP contribution in [0.5, 0.6) is 0 Å². The highest BCUT2D eigenvalue weighted by molar-refractivity contribution is 6.18. The van der Waals surface area contributed by atoms with Crippen molar-refractivity contribution in [1.82, 2.24) is 9.55 Å². The maximum atomic E-state index is 13.9. The van der Waals surface area contributed by atoms with Gasteiger partial charge in [0.1, 0.15) is 11.8 Å². The lowest BCUT2D eigenvalue weighted by Crippen LogP contribution is -2.38. The van der Waals surface area contributed by atoms with Gasteiger partial charge in [0.2, 0.25) is 5.82 Å². The monoisotopic (exact) mass is 296 g/mol. The van der Waals surface area contributed by atoms with E-state index in [1.165, 1.54) is 0 Å². The summed E-state index contributed by atoms with van der Waals surface area (Å²) in [6.07, 6.45) is -2.76. The summed E-state index contributed by atoms with van der Waals surface area (Å²) in [5.41, 5.74) is -3.51. The molecule has 1 aromatic heterocycles. The SMILES string of the molecule is O=c1[nH]c(=O)n([C@@H]2O[C@@](CO)(CCl)C[C@@H]2F)cc1F. The quantitative estimate of drug-likeness (QED) is 0.763. The van der Waals surface area contributed by atoms with E-state index >= 15 is 0 Å². The number of nitrogens with zero attached hydrogens (tertiary/aromatic N) is 1. The van der Waals surface area contributed by atoms with Crippen LogP contribution in [0.15, 0.2) is 15.8 Å². The third kappa shape index (κ3) is 2.43. The molecule has 0 aliphatic carbocycles. The molecule has 19 heavy (non-hydrogen) atoms. The molecular weight excluding hydrogens is 286 g/mol. The van der Waals surface area contributed by atoms with E-state index in [-0.39, 0.29) is 12.3 Å². The Hall–Kier alpha value is -1.25. The number of H-pyrrole nitrogens is 1. The largest absolute Gasteiger partial charge is 0.393 e. The molecular formula is C10H11ClF2N2O4. The Morgan fingerprint density at radius 3 is 2.84 bits per heavy atom. The molecule has 1 aliphatic heterocycles. The van der Waals surface area contributed by atoms with E-state index in [9.17, 15) is 23.5 Å². The molecule has 1 saturated heterocycles. The molecule has 2 rings (SSSR count). The van der Waals surface area contributed by atoms with Crippen LogP contribution in [0.1, 0.15) is 12.6 Å². The van der Waals surface area contributed by atoms with Crippen LogP contribution in [0.25, 0.3) is 0 Å². The topological polar surface area (TPSA) is 84.3 Å². The highest BCUT2D eigenvalue weighted by atomic mass is 35.5. The van der Waals surface area contributed by atoms with Crippen LogP contribution >= 0.6 is 11.6 Å². The Bertz CT molecular complexity index is 584. The molecule has 2 heterocycles. The molecule has 0 spiro atoms. The minimum Gasteiger partial charge on any atom is -0.393 e. The molecule has 0 radical (unpaired) electrons. The number of rotatable bonds is 3. The fourth-order valence-electron chi connectivity index (χ4n) is 1.95. The number of ether oxygens (including phenoxy) is 1. The maximum absolute atomic E-state index is 13.9. The number of nitrogens with one attached hydrogen (secondary N) is 1. The minimum atomic E-state index is -1.66. The van der Waals surface area contributed by atoms with Crippen molar-refractivity contribution in [2.45, 2.75) is 24.4 Å². The first-order valence-corrected chi connectivity index (χ1v) is 5.95. The van der Waals surface area contributed by atoms with E-state index in [1.807, 2.05) is 0 Å². The van der Waals surface area contributed by atoms with Crippen LogP contribution < -0.4 is 11.2 Å². The van der Waals surface area contributed by atoms with Crippen molar-refractivity contribution in [1.29, 1.82) is 0 Å². The van der Waals surface area contributed by atoms with Crippen LogP contribution in [0.3, 0.4) is 0 Å². The Morgan fingerprint density at radius 2 is 2.32 bits per heavy atom. The van der Waals surface area contributed by atoms with E-state index in [0.717, 1.165) is 0 Å². The van der Waals surface area contributed by atoms with Gasteiger partial charge in [0.15, 0.2) is 6.23 Å². The van der Waals surface area contributed by atoms with E-state index in [0.29, 0.717) is 10.8 Å². The number of aliphatic hydroxyl groups is 1. The Balaban J connectivity index is 2.41. The van der Waals surface area contributed by atoms with Gasteiger partial charge in [-0.2, -0.15) is 4.39 Å². The molecule has 2 N–H and O–H groups in total. The second-order valence-electron chi connectivity index (χ2n) is 4.35. The average molecular weight is 297 g/mol. The molecule has 0 amide bonds. The normalized spacial score (nSPS) is 30.7. The van der Waals surface area contributed by atoms with Crippen molar-refractivity contribution in [3.63, 3.8) is 0 Å². The molecule has 3 atom stereocenters. The number of hydrogen-bond donors (Lipinski definition) is 2. The summed E-state index contributed by atoms with van der Waals surface area (Å²) in [7, 11) is 0. The molecule has 1 fully saturated rings. The summed E-state index contributed by atoms with van der Waals surface area (Å²) in [5.74, 6) is -1.41. The number of alkyl halides is 2. The van der Waals surface area contributed by atoms with Gasteiger partial charge in [-0.3, -0.25) is 14.3 Å². The lowest BCUT2D eigenvalue weighted by atomic mass is 10.0. The lowest BCUT2D eigenvalue weighted by Gasteiger charge is -2.24. The molecule has 0 bridgehead atoms. The second kappa shape index (κ2) is 5.03. The molecule has 9 heteroatoms. The smallest absolute Gasteiger partial charge is 0.330 e. The van der Waals surface area contributed by atoms with Gasteiger partial charge in [-0.1, -0.05) is 0 Å². The van der Waals surface area contributed by atoms with Crippen molar-refractivity contribution >= 4 is 11.6 Å². The summed E-state index contributed by atoms with van der Waals surface area (Å²) < 4.78 is 32.9. The summed E-state index contributed by atoms with van der Waals surface area (Å²) >= 11 is 5.61. The van der Waals surface area contributed by atoms with E-state index in [4.69, 9.17) is 16.3 Å². The van der Waals surface area contributed by atoms with Gasteiger partial charge in [-0.15, -0.1) is 11.6 Å². The Kier molecular flexibility index (Phi) is 3.75. The average Bonchev–Trinajstić information content (AvgIpc) is 2.72. The fraction of sp³-hybridized carbons (Fsp3) is 0.600. The predicted molar refractivity (Wildman–Crippen MR) is 61.5 cm³/mol. The van der Waals surface area contributed by atoms with E-state index in [2.05, 4.69) is 0 Å². The van der Waals surface area contributed by atoms with Gasteiger partial charge >= 0.3 is 5.69 Å². The fourth-order valence-corrected chi connectivity index (χ4v) is 2.20. The molecule has 0 saturated carbocycles. The van der Waals surface area contributed by atoms with E-state index in [1.54, 1.807) is 4.98 Å². The van der Waals surface area contributed by atoms with Crippen LogP contribution in [0.4, 0.5) is 8.78 Å². The zero-order chi connectivity index (χ0) is 14.2. The van der Waals surface area contributed by atoms with Crippen molar-refractivity contribution in [3.8, 4) is 0 Å². The zero-order valence-corrected chi connectivity index (χ0v) is 10.4. The first-order chi connectivity index (χ1) is 8.92. The van der Waals surface area contributed by atoms with Crippen molar-refractivity contribution in [2.75, 3.05) is 12.5 Å². The Labute approximate surface area is 110 Å². The van der Waals surface area contributed by atoms with Gasteiger partial charge in [-0.05, 0) is 0 Å². The van der Waals surface area contributed by atoms with Crippen LogP contribution in [-0.2, 0) is 4.74 Å². The molecule has 0 unspecified atom stereocenters. The zero-order valence-electron chi connectivity index (χ0n) is 9.61. The minimum absolute atomic E-state index is 0.180. The van der Waals surface area contributed by atoms with Crippen molar-refractivity contribution < 1.29 is 18.6 Å². The first-order valence-electron chi connectivity index (χ1n) is 5.42. The first kappa shape index (κ1) is 14.2. The summed E-state index contributed by atoms with van der Waals surface area (Å²) in [5, 5.41) is 9.17. The highest BCUT2D eigenvalue weighted by Crippen LogP contribution is 2.38. The predicted octanol–water partition coefficient (Wildman–Crippen LogP) is -0.0974. The summed E-state index contributed by atoms with van der Waals surface area (Å²) in [6.45, 7) is -0.534. The third-order valence-corrected chi connectivity index (χ3v) is 3.46. The van der Waals surface area contributed by atoms with E-state index < -0.39 is 41.7 Å². The summed E-state index contributed by atoms with van der Waals surface area (Å²) in [4.78, 5) is 24.1. The number of aliphatic hydroxyl groups excluding tert-OH is 1.